The smallest absolute Gasteiger partial charge is 0.407 e. The first-order chi connectivity index (χ1) is 65.4. The molecule has 0 aromatic heterocycles. The van der Waals surface area contributed by atoms with Crippen molar-refractivity contribution in [1.29, 1.82) is 0 Å². The van der Waals surface area contributed by atoms with Gasteiger partial charge in [0, 0.05) is 25.2 Å². The van der Waals surface area contributed by atoms with E-state index in [9.17, 15) is 77.0 Å². The van der Waals surface area contributed by atoms with Crippen LogP contribution in [0.4, 0.5) is 4.79 Å². The number of amides is 5. The van der Waals surface area contributed by atoms with Crippen LogP contribution in [-0.4, -0.2) is 267 Å². The second-order valence-electron chi connectivity index (χ2n) is 28.9. The number of carbonyl (C=O) groups excluding carboxylic acids is 13. The van der Waals surface area contributed by atoms with Crippen LogP contribution in [-0.2, 0) is 55.7 Å². The second kappa shape index (κ2) is 54.1. The highest BCUT2D eigenvalue weighted by molar-refractivity contribution is 6.03. The summed E-state index contributed by atoms with van der Waals surface area (Å²) in [5.41, 5.74) is 11.1. The molecule has 137 heavy (non-hydrogen) atoms. The van der Waals surface area contributed by atoms with E-state index in [2.05, 4.69) is 43.8 Å². The number of hydrogen-bond acceptors (Lipinski definition) is 35. The number of ether oxygens (including phenoxy) is 16. The van der Waals surface area contributed by atoms with Crippen LogP contribution >= 0.6 is 0 Å². The Bertz CT molecular complexity index is 5660. The number of esters is 8. The number of carbonyl (C=O) groups is 15. The third kappa shape index (κ3) is 32.7. The maximum absolute atomic E-state index is 12.8. The van der Waals surface area contributed by atoms with Gasteiger partial charge in [-0.05, 0) is 184 Å². The zero-order valence-electron chi connectivity index (χ0n) is 76.6. The quantitative estimate of drug-likeness (QED) is 0.00893. The number of rotatable bonds is 24. The molecule has 42 nitrogen and oxygen atoms in total. The summed E-state index contributed by atoms with van der Waals surface area (Å²) < 4.78 is 79.5. The van der Waals surface area contributed by atoms with Gasteiger partial charge in [-0.3, -0.25) is 24.4 Å². The maximum atomic E-state index is 12.8. The Hall–Kier alpha value is -17.1. The van der Waals surface area contributed by atoms with Crippen molar-refractivity contribution in [2.75, 3.05) is 137 Å². The summed E-state index contributed by atoms with van der Waals surface area (Å²) in [5, 5.41) is 49.4. The molecule has 0 atom stereocenters. The molecule has 0 saturated heterocycles. The molecule has 0 radical (unpaired) electrons. The SMILES string of the molecule is COC(=O)c1ccc(C(=O)OC)c(O)c1.COC(=O)c1ccc(C(=O)OC)c(OCCN)c1.COC(=O)c1ccc(C(=O)OC)c(OCCNC(=O)OC(C)(C)C)c1.COC(=O)c1ccc2c(c1)OCCN(Cc1ccc(OC)cc1)C2=O.COC(=O)c1ccc2c(c1)OCCNC2=O.COc1ccc(CN2CCOc3cc(C(=O)NO)ccc3C2=O)cc1.O=C(O)c1ccc(C(=O)O)c(O)c1. The van der Waals surface area contributed by atoms with Crippen molar-refractivity contribution < 1.29 is 173 Å². The van der Waals surface area contributed by atoms with Gasteiger partial charge in [0.05, 0.1) is 147 Å². The molecule has 12 rings (SSSR count). The summed E-state index contributed by atoms with van der Waals surface area (Å²) in [6, 6.07) is 44.4. The molecule has 0 unspecified atom stereocenters. The van der Waals surface area contributed by atoms with E-state index in [4.69, 9.17) is 68.9 Å². The Labute approximate surface area is 784 Å². The van der Waals surface area contributed by atoms with Gasteiger partial charge in [0.2, 0.25) is 0 Å². The van der Waals surface area contributed by atoms with Crippen LogP contribution in [0.3, 0.4) is 0 Å². The Kier molecular flexibility index (Phi) is 42.9. The number of benzene rings is 9. The van der Waals surface area contributed by atoms with Crippen LogP contribution in [0.15, 0.2) is 176 Å². The highest BCUT2D eigenvalue weighted by atomic mass is 16.6. The lowest BCUT2D eigenvalue weighted by Gasteiger charge is -2.20. The van der Waals surface area contributed by atoms with E-state index in [0.717, 1.165) is 46.9 Å². The van der Waals surface area contributed by atoms with Crippen molar-refractivity contribution in [3.63, 3.8) is 0 Å². The summed E-state index contributed by atoms with van der Waals surface area (Å²) in [7, 11) is 13.3. The lowest BCUT2D eigenvalue weighted by Crippen LogP contribution is -2.34. The fourth-order valence-corrected chi connectivity index (χ4v) is 11.9. The molecule has 10 N–H and O–H groups in total. The Balaban J connectivity index is 0.000000248. The number of phenols is 2. The first-order valence-corrected chi connectivity index (χ1v) is 40.8. The zero-order valence-corrected chi connectivity index (χ0v) is 76.6. The molecule has 0 spiro atoms. The van der Waals surface area contributed by atoms with Gasteiger partial charge < -0.3 is 122 Å². The van der Waals surface area contributed by atoms with Crippen molar-refractivity contribution in [3.8, 4) is 51.7 Å². The highest BCUT2D eigenvalue weighted by Gasteiger charge is 2.29. The molecule has 9 aromatic carbocycles. The molecule has 3 heterocycles. The van der Waals surface area contributed by atoms with E-state index >= 15 is 0 Å². The standard InChI is InChI=1S/C19H19NO5.C18H18N2O5.C17H23NO7.C12H15NO5.C11H11NO4.C10H10O5.C8H6O5/c1-23-15-6-3-13(4-7-15)12-20-9-10-25-17-11-14(19(22)24-2)5-8-16(17)18(20)21;1-24-14-5-2-12(3-6-14)11-20-8-9-25-16-10-13(17(21)19-23)4-7-15(16)18(20)22;1-17(2,3)25-16(21)18-8-9-24-13-10-11(14(19)22-4)6-7-12(13)15(20)23-5;1-16-11(14)8-3-4-9(12(15)17-2)10(7-8)18-6-5-13;1-15-11(14)7-2-3-8-9(6-7)16-5-4-12-10(8)13;1-14-9(12)6-3-4-7(8(11)5-6)10(13)15-2;9-6-3-4(7(10)11)1-2-5(6)8(12)13/h3-8,11H,9-10,12H2,1-2H3;2-7,10,23H,8-9,11H2,1H3,(H,19,21);6-7,10H,8-9H2,1-5H3,(H,18,21);3-4,7H,5-6,13H2,1-2H3;2-3,6H,4-5H2,1H3,(H,12,13);3-5,11H,1-2H3;1-3,9H,(H,10,11)(H,12,13). The molecule has 728 valence electrons. The molecule has 42 heteroatoms. The average Bonchev–Trinajstić information content (AvgIpc) is 1.74. The maximum Gasteiger partial charge on any atom is 0.407 e. The second-order valence-corrected chi connectivity index (χ2v) is 28.9. The number of nitrogens with zero attached hydrogens (tertiary/aromatic N) is 2. The number of methoxy groups -OCH3 is 10. The van der Waals surface area contributed by atoms with Crippen molar-refractivity contribution in [2.45, 2.75) is 39.5 Å². The number of phenolic OH excluding ortho intramolecular Hbond substituents is 1. The third-order valence-corrected chi connectivity index (χ3v) is 18.7. The summed E-state index contributed by atoms with van der Waals surface area (Å²) in [6.45, 7) is 9.35. The van der Waals surface area contributed by atoms with E-state index in [-0.39, 0.29) is 105 Å². The van der Waals surface area contributed by atoms with Crippen LogP contribution in [0.25, 0.3) is 0 Å². The number of carboxylic acids is 2. The molecule has 0 fully saturated rings. The van der Waals surface area contributed by atoms with Gasteiger partial charge in [-0.2, -0.15) is 0 Å². The predicted molar refractivity (Wildman–Crippen MR) is 481 cm³/mol. The molecule has 0 bridgehead atoms. The van der Waals surface area contributed by atoms with Crippen LogP contribution < -0.4 is 55.0 Å². The number of aromatic carboxylic acids is 2. The fraction of sp³-hybridized carbons (Fsp3) is 0.274. The third-order valence-electron chi connectivity index (χ3n) is 18.7. The normalized spacial score (nSPS) is 11.7. The number of hydrogen-bond donors (Lipinski definition) is 9. The lowest BCUT2D eigenvalue weighted by molar-refractivity contribution is 0.0512. The van der Waals surface area contributed by atoms with Crippen LogP contribution in [0, 0.1) is 0 Å². The largest absolute Gasteiger partial charge is 0.507 e. The average molecular weight is 1900 g/mol. The number of nitrogens with two attached hydrogens (primary N) is 1. The van der Waals surface area contributed by atoms with Crippen LogP contribution in [0.1, 0.15) is 177 Å². The highest BCUT2D eigenvalue weighted by Crippen LogP contribution is 2.31. The van der Waals surface area contributed by atoms with Crippen molar-refractivity contribution in [3.05, 3.63) is 265 Å². The van der Waals surface area contributed by atoms with Crippen LogP contribution in [0.2, 0.25) is 0 Å². The van der Waals surface area contributed by atoms with Gasteiger partial charge >= 0.3 is 65.8 Å². The number of carboxylic acid groups (broad SMARTS) is 2. The van der Waals surface area contributed by atoms with Crippen LogP contribution in [0.5, 0.6) is 51.7 Å². The van der Waals surface area contributed by atoms with Crippen molar-refractivity contribution >= 4 is 89.4 Å². The number of hydroxylamine groups is 1. The van der Waals surface area contributed by atoms with Gasteiger partial charge in [0.1, 0.15) is 113 Å². The van der Waals surface area contributed by atoms with E-state index in [1.54, 1.807) is 80.6 Å². The summed E-state index contributed by atoms with van der Waals surface area (Å²) in [6.07, 6.45) is -0.576. The Morgan fingerprint density at radius 1 is 0.409 bits per heavy atom. The topological polar surface area (TPSA) is 573 Å². The van der Waals surface area contributed by atoms with E-state index in [0.29, 0.717) is 104 Å². The van der Waals surface area contributed by atoms with Gasteiger partial charge in [-0.25, -0.2) is 58.2 Å². The molecular weight excluding hydrogens is 1800 g/mol. The number of alkyl carbamates (subject to hydrolysis) is 1. The number of aromatic hydroxyl groups is 2. The Morgan fingerprint density at radius 2 is 0.759 bits per heavy atom. The predicted octanol–water partition coefficient (Wildman–Crippen LogP) is 9.48. The summed E-state index contributed by atoms with van der Waals surface area (Å²) >= 11 is 0. The minimum Gasteiger partial charge on any atom is -0.507 e. The molecule has 3 aliphatic heterocycles. The number of nitrogens with one attached hydrogen (secondary N) is 3. The molecule has 0 saturated carbocycles. The molecule has 3 aliphatic rings. The molecule has 0 aliphatic carbocycles. The Morgan fingerprint density at radius 3 is 1.15 bits per heavy atom. The minimum atomic E-state index is -1.30. The van der Waals surface area contributed by atoms with E-state index < -0.39 is 83.0 Å². The van der Waals surface area contributed by atoms with Gasteiger partial charge in [0.15, 0.2) is 0 Å². The molecule has 5 amide bonds. The molecule has 9 aromatic rings. The van der Waals surface area contributed by atoms with Gasteiger partial charge in [-0.1, -0.05) is 24.3 Å². The fourth-order valence-electron chi connectivity index (χ4n) is 11.9. The van der Waals surface area contributed by atoms with E-state index in [1.807, 2.05) is 48.5 Å². The summed E-state index contributed by atoms with van der Waals surface area (Å²) in [4.78, 5) is 176. The first kappa shape index (κ1) is 109. The zero-order chi connectivity index (χ0) is 101. The van der Waals surface area contributed by atoms with Crippen molar-refractivity contribution in [1.82, 2.24) is 25.9 Å². The van der Waals surface area contributed by atoms with Gasteiger partial charge in [-0.15, -0.1) is 0 Å². The lowest BCUT2D eigenvalue weighted by atomic mass is 10.1. The van der Waals surface area contributed by atoms with E-state index in [1.165, 1.54) is 130 Å². The van der Waals surface area contributed by atoms with Crippen molar-refractivity contribution in [2.24, 2.45) is 5.73 Å². The van der Waals surface area contributed by atoms with Gasteiger partial charge in [0.25, 0.3) is 23.6 Å². The summed E-state index contributed by atoms with van der Waals surface area (Å²) in [5.74, 6) is -5.80. The minimum absolute atomic E-state index is 0.00477. The monoisotopic (exact) mass is 1900 g/mol. The molecular formula is C95H102N6O36. The number of fused-ring (bicyclic) bond motifs is 3. The first-order valence-electron chi connectivity index (χ1n) is 40.8.